The Bertz CT molecular complexity index is 91.7. The van der Waals surface area contributed by atoms with Crippen LogP contribution in [0, 0.1) is 5.41 Å². The Kier molecular flexibility index (Phi) is 2.55. The summed E-state index contributed by atoms with van der Waals surface area (Å²) in [4.78, 5) is 0. The summed E-state index contributed by atoms with van der Waals surface area (Å²) in [5.74, 6) is 0. The Labute approximate surface area is 45.8 Å². The third-order valence-corrected chi connectivity index (χ3v) is 1.26. The third-order valence-electron chi connectivity index (χ3n) is 0.667. The Morgan fingerprint density at radius 2 is 2.43 bits per heavy atom. The Hall–Kier alpha value is -0.413. The lowest BCUT2D eigenvalue weighted by atomic mass is 10.4. The zero-order valence-corrected chi connectivity index (χ0v) is 6.31. The quantitative estimate of drug-likeness (QED) is 0.267. The van der Waals surface area contributed by atoms with Crippen LogP contribution in [-0.2, 0) is 0 Å². The lowest BCUT2D eigenvalue weighted by molar-refractivity contribution is 0.291. The van der Waals surface area contributed by atoms with Crippen LogP contribution in [0.1, 0.15) is 0 Å². The molecule has 1 atom stereocenters. The summed E-state index contributed by atoms with van der Waals surface area (Å²) in [5, 5.41) is 15.8. The van der Waals surface area contributed by atoms with Crippen LogP contribution in [0.25, 0.3) is 0 Å². The molecule has 0 aliphatic heterocycles. The number of hydrogen-bond acceptors (Lipinski definition) is 2. The molecule has 0 amide bonds. The molecule has 7 heavy (non-hydrogen) atoms. The number of rotatable bonds is 2. The minimum absolute atomic E-state index is 0.370. The van der Waals surface area contributed by atoms with Gasteiger partial charge >= 0.3 is 0 Å². The van der Waals surface area contributed by atoms with E-state index in [1.54, 1.807) is 0 Å². The van der Waals surface area contributed by atoms with Gasteiger partial charge in [-0.05, 0) is 0 Å². The molecular weight excluding hydrogens is 106 g/mol. The Balaban J connectivity index is 3.55. The van der Waals surface area contributed by atoms with Crippen LogP contribution in [-0.4, -0.2) is 26.8 Å². The van der Waals surface area contributed by atoms with Crippen LogP contribution < -0.4 is 0 Å². The normalized spacial score (nSPS) is 13.3. The number of nitrogens with one attached hydrogen (secondary N) is 1. The zero-order chi connectivity index (χ0) is 5.86. The second-order valence-electron chi connectivity index (χ2n) is 1.36. The Morgan fingerprint density at radius 1 is 2.00 bits per heavy atom. The largest absolute Gasteiger partial charge is 0.384 e. The summed E-state index contributed by atoms with van der Waals surface area (Å²) in [6.07, 6.45) is 0.668. The first-order valence-corrected chi connectivity index (χ1v) is 3.04. The van der Waals surface area contributed by atoms with Crippen molar-refractivity contribution in [3.63, 3.8) is 0 Å². The van der Waals surface area contributed by atoms with E-state index in [4.69, 9.17) is 10.5 Å². The monoisotopic (exact) mass is 115 g/mol. The van der Waals surface area contributed by atoms with E-state index in [0.29, 0.717) is 15.6 Å². The van der Waals surface area contributed by atoms with Crippen LogP contribution in [0.5, 0.6) is 0 Å². The molecule has 0 bridgehead atoms. The molecule has 0 rings (SSSR count). The van der Waals surface area contributed by atoms with Crippen LogP contribution in [0.15, 0.2) is 12.7 Å². The summed E-state index contributed by atoms with van der Waals surface area (Å²) in [7, 11) is 0.625. The molecule has 3 heteroatoms. The number of hydrogen-bond donors (Lipinski definition) is 2. The maximum absolute atomic E-state index is 8.63. The summed E-state index contributed by atoms with van der Waals surface area (Å²) >= 11 is 0. The molecule has 0 saturated carbocycles. The van der Waals surface area contributed by atoms with E-state index in [2.05, 4.69) is 6.58 Å². The van der Waals surface area contributed by atoms with E-state index < -0.39 is 6.10 Å². The smallest absolute Gasteiger partial charge is 0.104 e. The molecule has 0 heterocycles. The standard InChI is InChI=1S/C4H9NOSi/c1-2-3(6)4(5)7/h2-3,5-6H,1H2,7H3. The van der Waals surface area contributed by atoms with E-state index in [9.17, 15) is 0 Å². The molecule has 0 saturated heterocycles. The molecule has 0 aliphatic carbocycles. The Morgan fingerprint density at radius 3 is 2.43 bits per heavy atom. The predicted octanol–water partition coefficient (Wildman–Crippen LogP) is -1.12. The van der Waals surface area contributed by atoms with Crippen LogP contribution in [0.2, 0.25) is 0 Å². The van der Waals surface area contributed by atoms with Gasteiger partial charge < -0.3 is 10.5 Å². The van der Waals surface area contributed by atoms with Gasteiger partial charge in [-0.3, -0.25) is 0 Å². The first-order chi connectivity index (χ1) is 3.18. The van der Waals surface area contributed by atoms with Gasteiger partial charge in [0, 0.05) is 5.33 Å². The van der Waals surface area contributed by atoms with Crippen molar-refractivity contribution in [2.45, 2.75) is 6.10 Å². The molecule has 1 unspecified atom stereocenters. The predicted molar refractivity (Wildman–Crippen MR) is 33.9 cm³/mol. The number of aliphatic hydroxyl groups excluding tert-OH is 1. The van der Waals surface area contributed by atoms with Gasteiger partial charge in [-0.2, -0.15) is 0 Å². The van der Waals surface area contributed by atoms with E-state index >= 15 is 0 Å². The minimum Gasteiger partial charge on any atom is -0.384 e. The van der Waals surface area contributed by atoms with E-state index in [1.807, 2.05) is 0 Å². The molecule has 40 valence electrons. The molecule has 2 N–H and O–H groups in total. The fraction of sp³-hybridized carbons (Fsp3) is 0.250. The van der Waals surface area contributed by atoms with Crippen LogP contribution >= 0.6 is 0 Å². The third kappa shape index (κ3) is 2.30. The van der Waals surface area contributed by atoms with Crippen molar-refractivity contribution in [3.05, 3.63) is 12.7 Å². The molecule has 0 spiro atoms. The van der Waals surface area contributed by atoms with Crippen molar-refractivity contribution in [3.8, 4) is 0 Å². The van der Waals surface area contributed by atoms with Crippen LogP contribution in [0.3, 0.4) is 0 Å². The molecule has 0 radical (unpaired) electrons. The van der Waals surface area contributed by atoms with E-state index in [-0.39, 0.29) is 0 Å². The van der Waals surface area contributed by atoms with Gasteiger partial charge in [0.1, 0.15) is 6.10 Å². The summed E-state index contributed by atoms with van der Waals surface area (Å²) in [5.41, 5.74) is 0. The lowest BCUT2D eigenvalue weighted by Crippen LogP contribution is -2.15. The van der Waals surface area contributed by atoms with Crippen molar-refractivity contribution in [1.29, 1.82) is 5.41 Å². The first kappa shape index (κ1) is 6.59. The van der Waals surface area contributed by atoms with Crippen molar-refractivity contribution in [2.24, 2.45) is 0 Å². The first-order valence-electron chi connectivity index (χ1n) is 2.04. The minimum atomic E-state index is -0.688. The fourth-order valence-electron chi connectivity index (χ4n) is 0.177. The van der Waals surface area contributed by atoms with Crippen LogP contribution in [0.4, 0.5) is 0 Å². The highest BCUT2D eigenvalue weighted by Crippen LogP contribution is 1.79. The molecule has 0 aromatic carbocycles. The SMILES string of the molecule is C=CC(O)C(=N)[SiH3]. The van der Waals surface area contributed by atoms with E-state index in [0.717, 1.165) is 0 Å². The molecule has 0 fully saturated rings. The average Bonchev–Trinajstić information content (AvgIpc) is 1.65. The molecule has 0 aromatic heterocycles. The van der Waals surface area contributed by atoms with Gasteiger partial charge in [0.15, 0.2) is 0 Å². The lowest BCUT2D eigenvalue weighted by Gasteiger charge is -1.97. The molecule has 0 aliphatic rings. The van der Waals surface area contributed by atoms with Gasteiger partial charge in [-0.25, -0.2) is 0 Å². The van der Waals surface area contributed by atoms with Crippen molar-refractivity contribution in [2.75, 3.05) is 0 Å². The van der Waals surface area contributed by atoms with Crippen molar-refractivity contribution >= 4 is 15.6 Å². The summed E-state index contributed by atoms with van der Waals surface area (Å²) in [6.45, 7) is 3.31. The molecule has 2 nitrogen and oxygen atoms in total. The highest BCUT2D eigenvalue weighted by Gasteiger charge is 1.95. The second-order valence-corrected chi connectivity index (χ2v) is 2.44. The second kappa shape index (κ2) is 2.71. The maximum atomic E-state index is 8.63. The highest BCUT2D eigenvalue weighted by molar-refractivity contribution is 6.60. The molecular formula is C4H9NOSi. The molecule has 0 aromatic rings. The van der Waals surface area contributed by atoms with Gasteiger partial charge in [-0.1, -0.05) is 6.08 Å². The van der Waals surface area contributed by atoms with Gasteiger partial charge in [0.05, 0.1) is 10.2 Å². The topological polar surface area (TPSA) is 44.1 Å². The van der Waals surface area contributed by atoms with Crippen molar-refractivity contribution in [1.82, 2.24) is 0 Å². The van der Waals surface area contributed by atoms with E-state index in [1.165, 1.54) is 6.08 Å². The van der Waals surface area contributed by atoms with Gasteiger partial charge in [-0.15, -0.1) is 6.58 Å². The fourth-order valence-corrected chi connectivity index (χ4v) is 0.412. The summed E-state index contributed by atoms with van der Waals surface area (Å²) < 4.78 is 0. The number of aliphatic hydroxyl groups is 1. The van der Waals surface area contributed by atoms with Crippen molar-refractivity contribution < 1.29 is 5.11 Å². The van der Waals surface area contributed by atoms with Gasteiger partial charge in [0.2, 0.25) is 0 Å². The zero-order valence-electron chi connectivity index (χ0n) is 4.31. The summed E-state index contributed by atoms with van der Waals surface area (Å²) in [6, 6.07) is 0. The average molecular weight is 115 g/mol. The van der Waals surface area contributed by atoms with Gasteiger partial charge in [0.25, 0.3) is 0 Å². The highest BCUT2D eigenvalue weighted by atomic mass is 28.1. The maximum Gasteiger partial charge on any atom is 0.104 e.